The fourth-order valence-electron chi connectivity index (χ4n) is 2.46. The predicted molar refractivity (Wildman–Crippen MR) is 84.2 cm³/mol. The number of carbonyl (C=O) groups excluding carboxylic acids is 1. The van der Waals surface area contributed by atoms with E-state index in [1.807, 2.05) is 31.3 Å². The van der Waals surface area contributed by atoms with Gasteiger partial charge in [0, 0.05) is 32.0 Å². The van der Waals surface area contributed by atoms with E-state index in [0.717, 1.165) is 16.9 Å². The molecule has 0 saturated heterocycles. The molecule has 0 bridgehead atoms. The highest BCUT2D eigenvalue weighted by Crippen LogP contribution is 2.25. The first-order valence-electron chi connectivity index (χ1n) is 6.81. The molecule has 0 aliphatic rings. The van der Waals surface area contributed by atoms with E-state index in [1.54, 1.807) is 20.2 Å². The quantitative estimate of drug-likeness (QED) is 0.723. The zero-order valence-electron chi connectivity index (χ0n) is 12.4. The molecule has 0 aliphatic carbocycles. The third kappa shape index (κ3) is 2.29. The van der Waals surface area contributed by atoms with Crippen LogP contribution < -0.4 is 0 Å². The Morgan fingerprint density at radius 2 is 1.86 bits per heavy atom. The van der Waals surface area contributed by atoms with Gasteiger partial charge in [0.15, 0.2) is 0 Å². The Morgan fingerprint density at radius 3 is 2.57 bits per heavy atom. The van der Waals surface area contributed by atoms with Gasteiger partial charge in [-0.3, -0.25) is 4.79 Å². The summed E-state index contributed by atoms with van der Waals surface area (Å²) in [7, 11) is 5.47. The number of carbonyl (C=O) groups is 1. The highest BCUT2D eigenvalue weighted by Gasteiger charge is 2.13. The third-order valence-electron chi connectivity index (χ3n) is 3.59. The van der Waals surface area contributed by atoms with Crippen molar-refractivity contribution in [3.05, 3.63) is 54.2 Å². The zero-order valence-corrected chi connectivity index (χ0v) is 12.4. The second-order valence-electron chi connectivity index (χ2n) is 5.26. The molecule has 3 aromatic rings. The Labute approximate surface area is 123 Å². The molecule has 0 spiro atoms. The zero-order chi connectivity index (χ0) is 15.0. The maximum absolute atomic E-state index is 12.0. The minimum absolute atomic E-state index is 0.0874. The van der Waals surface area contributed by atoms with Crippen molar-refractivity contribution in [3.8, 4) is 11.4 Å². The van der Waals surface area contributed by atoms with Gasteiger partial charge >= 0.3 is 0 Å². The van der Waals surface area contributed by atoms with Gasteiger partial charge in [-0.15, -0.1) is 0 Å². The summed E-state index contributed by atoms with van der Waals surface area (Å²) in [5.41, 5.74) is 3.42. The molecule has 0 radical (unpaired) electrons. The van der Waals surface area contributed by atoms with Gasteiger partial charge in [0.25, 0.3) is 5.91 Å². The van der Waals surface area contributed by atoms with Crippen LogP contribution in [0.15, 0.2) is 48.5 Å². The van der Waals surface area contributed by atoms with Crippen molar-refractivity contribution in [1.82, 2.24) is 14.5 Å². The summed E-state index contributed by atoms with van der Waals surface area (Å²) in [6.07, 6.45) is 0. The molecule has 1 aromatic carbocycles. The lowest BCUT2D eigenvalue weighted by atomic mass is 10.2. The molecule has 0 aliphatic heterocycles. The van der Waals surface area contributed by atoms with Crippen molar-refractivity contribution in [2.45, 2.75) is 0 Å². The first-order valence-corrected chi connectivity index (χ1v) is 6.81. The van der Waals surface area contributed by atoms with Crippen molar-refractivity contribution < 1.29 is 4.79 Å². The minimum Gasteiger partial charge on any atom is -0.343 e. The fraction of sp³-hybridized carbons (Fsp3) is 0.176. The molecule has 1 amide bonds. The first kappa shape index (κ1) is 13.4. The van der Waals surface area contributed by atoms with Crippen molar-refractivity contribution in [3.63, 3.8) is 0 Å². The number of amides is 1. The Hall–Kier alpha value is -2.62. The fourth-order valence-corrected chi connectivity index (χ4v) is 2.46. The van der Waals surface area contributed by atoms with Gasteiger partial charge in [-0.1, -0.05) is 24.3 Å². The van der Waals surface area contributed by atoms with E-state index in [1.165, 1.54) is 10.3 Å². The number of benzene rings is 1. The SMILES string of the molecule is CN(C)C(=O)c1cccc(-c2cc3ccccc3n2C)n1. The van der Waals surface area contributed by atoms with Gasteiger partial charge < -0.3 is 9.47 Å². The Kier molecular flexibility index (Phi) is 3.22. The summed E-state index contributed by atoms with van der Waals surface area (Å²) in [4.78, 5) is 18.1. The highest BCUT2D eigenvalue weighted by atomic mass is 16.2. The average Bonchev–Trinajstić information content (AvgIpc) is 2.84. The number of fused-ring (bicyclic) bond motifs is 1. The summed E-state index contributed by atoms with van der Waals surface area (Å²) >= 11 is 0. The van der Waals surface area contributed by atoms with Crippen LogP contribution in [-0.4, -0.2) is 34.5 Å². The van der Waals surface area contributed by atoms with Crippen molar-refractivity contribution in [1.29, 1.82) is 0 Å². The summed E-state index contributed by atoms with van der Waals surface area (Å²) < 4.78 is 2.10. The van der Waals surface area contributed by atoms with Crippen LogP contribution in [0.25, 0.3) is 22.3 Å². The number of aromatic nitrogens is 2. The lowest BCUT2D eigenvalue weighted by Gasteiger charge is -2.10. The minimum atomic E-state index is -0.0874. The smallest absolute Gasteiger partial charge is 0.271 e. The molecule has 2 heterocycles. The number of aryl methyl sites for hydroxylation is 1. The summed E-state index contributed by atoms with van der Waals surface area (Å²) in [6, 6.07) is 15.8. The molecule has 3 rings (SSSR count). The van der Waals surface area contributed by atoms with Crippen LogP contribution in [0.2, 0.25) is 0 Å². The van der Waals surface area contributed by atoms with Gasteiger partial charge in [0.1, 0.15) is 5.69 Å². The van der Waals surface area contributed by atoms with Crippen molar-refractivity contribution in [2.75, 3.05) is 14.1 Å². The van der Waals surface area contributed by atoms with Gasteiger partial charge in [0.2, 0.25) is 0 Å². The topological polar surface area (TPSA) is 38.1 Å². The summed E-state index contributed by atoms with van der Waals surface area (Å²) in [5, 5.41) is 1.17. The molecule has 21 heavy (non-hydrogen) atoms. The number of para-hydroxylation sites is 1. The van der Waals surface area contributed by atoms with E-state index in [0.29, 0.717) is 5.69 Å². The van der Waals surface area contributed by atoms with Crippen LogP contribution >= 0.6 is 0 Å². The van der Waals surface area contributed by atoms with Crippen LogP contribution in [0.5, 0.6) is 0 Å². The molecule has 106 valence electrons. The maximum atomic E-state index is 12.0. The molecular weight excluding hydrogens is 262 g/mol. The average molecular weight is 279 g/mol. The molecule has 0 N–H and O–H groups in total. The van der Waals surface area contributed by atoms with Crippen LogP contribution in [0.3, 0.4) is 0 Å². The highest BCUT2D eigenvalue weighted by molar-refractivity contribution is 5.93. The normalized spacial score (nSPS) is 10.8. The van der Waals surface area contributed by atoms with E-state index < -0.39 is 0 Å². The molecule has 4 heteroatoms. The number of hydrogen-bond acceptors (Lipinski definition) is 2. The van der Waals surface area contributed by atoms with E-state index in [2.05, 4.69) is 27.8 Å². The summed E-state index contributed by atoms with van der Waals surface area (Å²) in [5.74, 6) is -0.0874. The summed E-state index contributed by atoms with van der Waals surface area (Å²) in [6.45, 7) is 0. The number of pyridine rings is 1. The van der Waals surface area contributed by atoms with Crippen LogP contribution in [-0.2, 0) is 7.05 Å². The molecule has 0 unspecified atom stereocenters. The second kappa shape index (κ2) is 5.05. The maximum Gasteiger partial charge on any atom is 0.271 e. The van der Waals surface area contributed by atoms with Crippen LogP contribution in [0.4, 0.5) is 0 Å². The Balaban J connectivity index is 2.13. The molecule has 0 fully saturated rings. The molecule has 4 nitrogen and oxygen atoms in total. The first-order chi connectivity index (χ1) is 10.1. The van der Waals surface area contributed by atoms with Gasteiger partial charge in [-0.2, -0.15) is 0 Å². The standard InChI is InChI=1S/C17H17N3O/c1-19(2)17(21)14-9-6-8-13(18-14)16-11-12-7-4-5-10-15(12)20(16)3/h4-11H,1-3H3. The Bertz CT molecular complexity index is 818. The van der Waals surface area contributed by atoms with Gasteiger partial charge in [0.05, 0.1) is 11.4 Å². The number of nitrogens with zero attached hydrogens (tertiary/aromatic N) is 3. The van der Waals surface area contributed by atoms with E-state index in [-0.39, 0.29) is 5.91 Å². The predicted octanol–water partition coefficient (Wildman–Crippen LogP) is 2.94. The monoisotopic (exact) mass is 279 g/mol. The second-order valence-corrected chi connectivity index (χ2v) is 5.26. The molecule has 0 saturated carbocycles. The Morgan fingerprint density at radius 1 is 1.10 bits per heavy atom. The number of rotatable bonds is 2. The van der Waals surface area contributed by atoms with E-state index >= 15 is 0 Å². The van der Waals surface area contributed by atoms with Crippen LogP contribution in [0.1, 0.15) is 10.5 Å². The largest absolute Gasteiger partial charge is 0.343 e. The van der Waals surface area contributed by atoms with Crippen LogP contribution in [0, 0.1) is 0 Å². The molecular formula is C17H17N3O. The number of hydrogen-bond donors (Lipinski definition) is 0. The molecule has 2 aromatic heterocycles. The lowest BCUT2D eigenvalue weighted by molar-refractivity contribution is 0.0822. The van der Waals surface area contributed by atoms with Crippen molar-refractivity contribution >= 4 is 16.8 Å². The van der Waals surface area contributed by atoms with Gasteiger partial charge in [-0.05, 0) is 24.3 Å². The van der Waals surface area contributed by atoms with E-state index in [9.17, 15) is 4.79 Å². The lowest BCUT2D eigenvalue weighted by Crippen LogP contribution is -2.22. The van der Waals surface area contributed by atoms with Crippen molar-refractivity contribution in [2.24, 2.45) is 7.05 Å². The third-order valence-corrected chi connectivity index (χ3v) is 3.59. The van der Waals surface area contributed by atoms with E-state index in [4.69, 9.17) is 0 Å². The molecule has 0 atom stereocenters. The van der Waals surface area contributed by atoms with Gasteiger partial charge in [-0.25, -0.2) is 4.98 Å².